The number of rotatable bonds is 10. The van der Waals surface area contributed by atoms with Gasteiger partial charge in [0.25, 0.3) is 0 Å². The minimum atomic E-state index is -4.68. The first-order valence-electron chi connectivity index (χ1n) is 14.3. The van der Waals surface area contributed by atoms with Crippen LogP contribution >= 0.6 is 0 Å². The van der Waals surface area contributed by atoms with Crippen LogP contribution in [0.15, 0.2) is 106 Å². The molecule has 3 rings (SSSR count). The molecule has 1 atom stereocenters. The minimum Gasteiger partial charge on any atom is -0.335 e. The van der Waals surface area contributed by atoms with Gasteiger partial charge < -0.3 is 10.2 Å². The van der Waals surface area contributed by atoms with Crippen LogP contribution in [-0.2, 0) is 15.6 Å². The Balaban J connectivity index is 0.000000362. The molecule has 1 N–H and O–H groups in total. The molecule has 0 saturated heterocycles. The number of carbonyl (C=O) groups is 1. The molecule has 0 aliphatic heterocycles. The zero-order chi connectivity index (χ0) is 32.0. The van der Waals surface area contributed by atoms with E-state index in [4.69, 9.17) is 0 Å². The van der Waals surface area contributed by atoms with Crippen molar-refractivity contribution in [2.45, 2.75) is 69.3 Å². The second kappa shape index (κ2) is 17.4. The Morgan fingerprint density at radius 2 is 1.42 bits per heavy atom. The Kier molecular flexibility index (Phi) is 14.4. The van der Waals surface area contributed by atoms with Crippen LogP contribution < -0.4 is 5.32 Å². The average molecular weight is 614 g/mol. The molecule has 0 spiro atoms. The fourth-order valence-electron chi connectivity index (χ4n) is 4.50. The number of alkyl halides is 3. The second-order valence-electron chi connectivity index (χ2n) is 10.2. The highest BCUT2D eigenvalue weighted by atomic mass is 32.2. The first-order valence-corrected chi connectivity index (χ1v) is 15.5. The summed E-state index contributed by atoms with van der Waals surface area (Å²) >= 11 is 0. The second-order valence-corrected chi connectivity index (χ2v) is 11.6. The van der Waals surface area contributed by atoms with Gasteiger partial charge in [-0.05, 0) is 47.6 Å². The topological polar surface area (TPSA) is 61.8 Å². The molecule has 0 heterocycles. The summed E-state index contributed by atoms with van der Waals surface area (Å²) in [6.45, 7) is 8.00. The highest BCUT2D eigenvalue weighted by Gasteiger charge is 2.37. The molecule has 3 aromatic carbocycles. The van der Waals surface area contributed by atoms with Gasteiger partial charge in [0.15, 0.2) is 16.8 Å². The van der Waals surface area contributed by atoms with Gasteiger partial charge in [-0.3, -0.25) is 9.79 Å². The average Bonchev–Trinajstić information content (AvgIpc) is 3.01. The van der Waals surface area contributed by atoms with E-state index in [1.807, 2.05) is 40.0 Å². The molecule has 9 heteroatoms. The molecule has 0 fully saturated rings. The molecule has 0 bridgehead atoms. The number of allylic oxidation sites excluding steroid dienone is 2. The molecule has 5 nitrogen and oxygen atoms in total. The summed E-state index contributed by atoms with van der Waals surface area (Å²) < 4.78 is 47.2. The van der Waals surface area contributed by atoms with Crippen molar-refractivity contribution in [3.05, 3.63) is 113 Å². The summed E-state index contributed by atoms with van der Waals surface area (Å²) in [7, 11) is 0.895. The van der Waals surface area contributed by atoms with Crippen LogP contribution in [0.25, 0.3) is 0 Å². The van der Waals surface area contributed by atoms with E-state index in [-0.39, 0.29) is 16.9 Å². The lowest BCUT2D eigenvalue weighted by atomic mass is 9.97. The lowest BCUT2D eigenvalue weighted by Crippen LogP contribution is -2.41. The Bertz CT molecular complexity index is 1320. The minimum absolute atomic E-state index is 0.0118. The van der Waals surface area contributed by atoms with Crippen molar-refractivity contribution in [2.24, 2.45) is 4.99 Å². The van der Waals surface area contributed by atoms with Gasteiger partial charge in [-0.1, -0.05) is 107 Å². The monoisotopic (exact) mass is 613 g/mol. The van der Waals surface area contributed by atoms with E-state index >= 15 is 0 Å². The normalized spacial score (nSPS) is 13.1. The van der Waals surface area contributed by atoms with Crippen LogP contribution in [0.5, 0.6) is 0 Å². The van der Waals surface area contributed by atoms with Gasteiger partial charge in [-0.25, -0.2) is 4.21 Å². The first-order chi connectivity index (χ1) is 20.5. The molecule has 0 radical (unpaired) electrons. The molecule has 43 heavy (non-hydrogen) atoms. The quantitative estimate of drug-likeness (QED) is 0.108. The van der Waals surface area contributed by atoms with Gasteiger partial charge in [0.2, 0.25) is 0 Å². The molecule has 3 aromatic rings. The maximum Gasteiger partial charge on any atom is 0.475 e. The van der Waals surface area contributed by atoms with Crippen LogP contribution in [0.4, 0.5) is 13.2 Å². The fourth-order valence-corrected chi connectivity index (χ4v) is 5.15. The SMILES string of the molecule is CC(C)c1ccc(S(=O)C(F)(F)F)cc1.CCC/C(NC(=NC)N(C)C(c1ccccc1)c1ccccc1)=C(/C=O)CC. The number of hydrogen-bond donors (Lipinski definition) is 1. The zero-order valence-corrected chi connectivity index (χ0v) is 26.5. The smallest absolute Gasteiger partial charge is 0.335 e. The molecule has 0 saturated carbocycles. The van der Waals surface area contributed by atoms with E-state index in [1.54, 1.807) is 19.2 Å². The van der Waals surface area contributed by atoms with E-state index in [9.17, 15) is 22.2 Å². The van der Waals surface area contributed by atoms with Gasteiger partial charge in [0, 0.05) is 30.3 Å². The largest absolute Gasteiger partial charge is 0.475 e. The van der Waals surface area contributed by atoms with E-state index in [0.29, 0.717) is 6.42 Å². The van der Waals surface area contributed by atoms with Crippen molar-refractivity contribution in [3.8, 4) is 0 Å². The predicted molar refractivity (Wildman–Crippen MR) is 170 cm³/mol. The van der Waals surface area contributed by atoms with Crippen LogP contribution in [-0.4, -0.2) is 41.0 Å². The Hall–Kier alpha value is -3.72. The van der Waals surface area contributed by atoms with E-state index in [0.717, 1.165) is 41.9 Å². The van der Waals surface area contributed by atoms with Crippen LogP contribution in [0, 0.1) is 0 Å². The maximum atomic E-state index is 12.1. The highest BCUT2D eigenvalue weighted by Crippen LogP contribution is 2.29. The molecule has 0 aliphatic carbocycles. The molecular weight excluding hydrogens is 571 g/mol. The zero-order valence-electron chi connectivity index (χ0n) is 25.7. The number of halogens is 3. The Morgan fingerprint density at radius 1 is 0.907 bits per heavy atom. The Morgan fingerprint density at radius 3 is 1.79 bits per heavy atom. The van der Waals surface area contributed by atoms with Crippen LogP contribution in [0.1, 0.15) is 75.6 Å². The Labute approximate surface area is 256 Å². The molecular formula is C34H42F3N3O2S. The third-order valence-electron chi connectivity index (χ3n) is 6.81. The van der Waals surface area contributed by atoms with Gasteiger partial charge in [-0.15, -0.1) is 0 Å². The molecule has 0 aromatic heterocycles. The summed E-state index contributed by atoms with van der Waals surface area (Å²) in [6.07, 6.45) is 3.43. The van der Waals surface area contributed by atoms with Gasteiger partial charge in [0.1, 0.15) is 6.29 Å². The number of nitrogens with one attached hydrogen (secondary N) is 1. The van der Waals surface area contributed by atoms with Gasteiger partial charge in [-0.2, -0.15) is 13.2 Å². The van der Waals surface area contributed by atoms with E-state index in [1.165, 1.54) is 23.3 Å². The summed E-state index contributed by atoms with van der Waals surface area (Å²) in [5, 5.41) is 3.45. The van der Waals surface area contributed by atoms with Crippen LogP contribution in [0.3, 0.4) is 0 Å². The summed E-state index contributed by atoms with van der Waals surface area (Å²) in [5.74, 6) is 0.993. The third kappa shape index (κ3) is 10.5. The van der Waals surface area contributed by atoms with Crippen LogP contribution in [0.2, 0.25) is 0 Å². The fraction of sp³-hybridized carbons (Fsp3) is 0.353. The standard InChI is InChI=1S/C24H31N3O.C10H11F3OS/c1-5-13-22(19(6-2)18-28)26-24(25-3)27(4)23(20-14-9-7-10-15-20)21-16-11-8-12-17-21;1-7(2)8-3-5-9(6-4-8)15(14)10(11,12)13/h7-12,14-18,23H,5-6,13H2,1-4H3,(H,25,26);3-7H,1-2H3/b22-19-;. The molecule has 0 amide bonds. The summed E-state index contributed by atoms with van der Waals surface area (Å²) in [6, 6.07) is 26.5. The van der Waals surface area contributed by atoms with Crippen molar-refractivity contribution >= 4 is 23.0 Å². The van der Waals surface area contributed by atoms with Crippen molar-refractivity contribution in [2.75, 3.05) is 14.1 Å². The number of nitrogens with zero attached hydrogens (tertiary/aromatic N) is 2. The number of aliphatic imine (C=N–C) groups is 1. The lowest BCUT2D eigenvalue weighted by molar-refractivity contribution is -0.105. The summed E-state index contributed by atoms with van der Waals surface area (Å²) in [4.78, 5) is 18.0. The number of aldehydes is 1. The number of carbonyl (C=O) groups excluding carboxylic acids is 1. The summed E-state index contributed by atoms with van der Waals surface area (Å²) in [5.41, 5.74) is 0.370. The highest BCUT2D eigenvalue weighted by molar-refractivity contribution is 7.86. The van der Waals surface area contributed by atoms with Crippen molar-refractivity contribution < 1.29 is 22.2 Å². The maximum absolute atomic E-state index is 12.1. The van der Waals surface area contributed by atoms with E-state index < -0.39 is 16.3 Å². The number of guanidine groups is 1. The van der Waals surface area contributed by atoms with Gasteiger partial charge >= 0.3 is 5.51 Å². The first kappa shape index (κ1) is 35.5. The van der Waals surface area contributed by atoms with Crippen molar-refractivity contribution in [1.82, 2.24) is 10.2 Å². The molecule has 232 valence electrons. The number of benzene rings is 3. The van der Waals surface area contributed by atoms with Crippen molar-refractivity contribution in [3.63, 3.8) is 0 Å². The number of hydrogen-bond acceptors (Lipinski definition) is 3. The van der Waals surface area contributed by atoms with E-state index in [2.05, 4.69) is 70.7 Å². The third-order valence-corrected chi connectivity index (χ3v) is 7.93. The molecule has 0 aliphatic rings. The molecule has 1 unspecified atom stereocenters. The van der Waals surface area contributed by atoms with Gasteiger partial charge in [0.05, 0.1) is 6.04 Å². The predicted octanol–water partition coefficient (Wildman–Crippen LogP) is 8.38. The lowest BCUT2D eigenvalue weighted by Gasteiger charge is -2.32. The van der Waals surface area contributed by atoms with Crippen molar-refractivity contribution in [1.29, 1.82) is 0 Å².